The molecule has 190 valence electrons. The molecule has 0 amide bonds. The first kappa shape index (κ1) is 22.4. The number of benzene rings is 4. The molecule has 4 heterocycles. The van der Waals surface area contributed by atoms with E-state index in [0.29, 0.717) is 11.1 Å². The molecule has 0 radical (unpaired) electrons. The van der Waals surface area contributed by atoms with Crippen LogP contribution in [0.3, 0.4) is 0 Å². The molecule has 0 spiro atoms. The molecule has 5 heteroatoms. The fraction of sp³-hybridized carbons (Fsp3) is 0.0857. The average Bonchev–Trinajstić information content (AvgIpc) is 3.62. The number of anilines is 3. The van der Waals surface area contributed by atoms with E-state index in [-0.39, 0.29) is 37.1 Å². The molecule has 4 aromatic carbocycles. The van der Waals surface area contributed by atoms with E-state index in [1.165, 1.54) is 48.9 Å². The predicted molar refractivity (Wildman–Crippen MR) is 161 cm³/mol. The van der Waals surface area contributed by atoms with Crippen molar-refractivity contribution in [3.8, 4) is 5.69 Å². The maximum atomic E-state index is 13.2. The van der Waals surface area contributed by atoms with Crippen LogP contribution in [0, 0.1) is 0 Å². The Bertz CT molecular complexity index is 2160. The van der Waals surface area contributed by atoms with Crippen LogP contribution in [-0.4, -0.2) is 30.6 Å². The van der Waals surface area contributed by atoms with Crippen LogP contribution >= 0.6 is 0 Å². The third kappa shape index (κ3) is 2.57. The maximum absolute atomic E-state index is 13.2. The van der Waals surface area contributed by atoms with Crippen molar-refractivity contribution in [1.82, 2.24) is 4.57 Å². The van der Waals surface area contributed by atoms with E-state index in [9.17, 15) is 9.59 Å². The van der Waals surface area contributed by atoms with Gasteiger partial charge in [0.2, 0.25) is 0 Å². The molecule has 40 heavy (non-hydrogen) atoms. The average molecular weight is 582 g/mol. The summed E-state index contributed by atoms with van der Waals surface area (Å²) in [5.41, 5.74) is 9.67. The summed E-state index contributed by atoms with van der Waals surface area (Å²) < 4.78 is 4.77. The third-order valence-corrected chi connectivity index (χ3v) is 11.1. The van der Waals surface area contributed by atoms with Crippen LogP contribution in [0.15, 0.2) is 96.6 Å². The van der Waals surface area contributed by atoms with Crippen molar-refractivity contribution >= 4 is 69.9 Å². The van der Waals surface area contributed by atoms with E-state index in [4.69, 9.17) is 0 Å². The van der Waals surface area contributed by atoms with E-state index < -0.39 is 0 Å². The van der Waals surface area contributed by atoms with Crippen molar-refractivity contribution in [3.63, 3.8) is 0 Å². The predicted octanol–water partition coefficient (Wildman–Crippen LogP) is 7.73. The number of para-hydroxylation sites is 3. The summed E-state index contributed by atoms with van der Waals surface area (Å²) in [5, 5.41) is 2.52. The Morgan fingerprint density at radius 3 is 2.17 bits per heavy atom. The second kappa shape index (κ2) is 7.39. The zero-order chi connectivity index (χ0) is 26.9. The Balaban J connectivity index is 1.33. The van der Waals surface area contributed by atoms with Crippen molar-refractivity contribution in [3.05, 3.63) is 123 Å². The molecule has 9 rings (SSSR count). The number of rotatable bonds is 1. The summed E-state index contributed by atoms with van der Waals surface area (Å²) in [7, 11) is 0. The summed E-state index contributed by atoms with van der Waals surface area (Å²) in [5.74, 6) is -0.335. The van der Waals surface area contributed by atoms with Gasteiger partial charge in [-0.2, -0.15) is 0 Å². The second-order valence-corrected chi connectivity index (χ2v) is 13.5. The molecule has 0 unspecified atom stereocenters. The molecule has 0 saturated heterocycles. The van der Waals surface area contributed by atoms with Crippen molar-refractivity contribution in [2.24, 2.45) is 0 Å². The van der Waals surface area contributed by atoms with E-state index >= 15 is 0 Å². The summed E-state index contributed by atoms with van der Waals surface area (Å²) >= 11 is -0.0872. The monoisotopic (exact) mass is 582 g/mol. The number of nitrogens with zero attached hydrogens (tertiary/aromatic N) is 2. The standard InChI is InChI=1S/C35H22N2O2Se/c1-35(2)25-16-15-21-20-9-5-6-12-27(20)36-28-13-7-8-14-29(28)37(31(25)30(21)36)34-26(35)18-19(40-34)17-24-32(38)22-10-3-4-11-23(22)33(24)39/h3-18H,1-2H3. The van der Waals surface area contributed by atoms with Crippen LogP contribution in [0.5, 0.6) is 0 Å². The zero-order valence-corrected chi connectivity index (χ0v) is 23.6. The number of hydrogen-bond acceptors (Lipinski definition) is 3. The van der Waals surface area contributed by atoms with Gasteiger partial charge in [0.15, 0.2) is 0 Å². The molecular formula is C35H22N2O2Se. The minimum absolute atomic E-state index is 0.0872. The molecule has 0 atom stereocenters. The SMILES string of the molecule is CC1(C)c2cc(C=C3C(=O)c4ccccc4C3=O)[se]c2N2c3ccccc3-n3c4ccccc4c4ccc1c2c43. The van der Waals surface area contributed by atoms with Gasteiger partial charge < -0.3 is 0 Å². The number of carbonyl (C=O) groups is 2. The van der Waals surface area contributed by atoms with Gasteiger partial charge in [-0.3, -0.25) is 0 Å². The van der Waals surface area contributed by atoms with E-state index in [1.54, 1.807) is 12.1 Å². The summed E-state index contributed by atoms with van der Waals surface area (Å²) in [6.45, 7) is 4.60. The van der Waals surface area contributed by atoms with Gasteiger partial charge in [-0.25, -0.2) is 0 Å². The van der Waals surface area contributed by atoms with Gasteiger partial charge in [0.1, 0.15) is 0 Å². The number of fused-ring (bicyclic) bond motifs is 9. The number of carbonyl (C=O) groups excluding carboxylic acids is 2. The van der Waals surface area contributed by atoms with Crippen molar-refractivity contribution in [1.29, 1.82) is 0 Å². The number of Topliss-reactive ketones (excluding diaryl/α,β-unsaturated/α-hetero) is 2. The topological polar surface area (TPSA) is 42.3 Å². The molecule has 0 fully saturated rings. The second-order valence-electron chi connectivity index (χ2n) is 11.3. The van der Waals surface area contributed by atoms with Gasteiger partial charge in [0.25, 0.3) is 0 Å². The van der Waals surface area contributed by atoms with Crippen molar-refractivity contribution in [2.45, 2.75) is 19.3 Å². The molecule has 4 nitrogen and oxygen atoms in total. The summed E-state index contributed by atoms with van der Waals surface area (Å²) in [6, 6.07) is 31.3. The van der Waals surface area contributed by atoms with Gasteiger partial charge in [0.05, 0.1) is 0 Å². The van der Waals surface area contributed by atoms with Gasteiger partial charge in [0, 0.05) is 0 Å². The van der Waals surface area contributed by atoms with Crippen molar-refractivity contribution in [2.75, 3.05) is 4.90 Å². The van der Waals surface area contributed by atoms with Crippen LogP contribution in [0.2, 0.25) is 0 Å². The Kier molecular flexibility index (Phi) is 4.14. The first-order chi connectivity index (χ1) is 19.4. The van der Waals surface area contributed by atoms with E-state index in [2.05, 4.69) is 90.0 Å². The molecular weight excluding hydrogens is 559 g/mol. The van der Waals surface area contributed by atoms with Crippen molar-refractivity contribution < 1.29 is 9.59 Å². The van der Waals surface area contributed by atoms with Gasteiger partial charge in [-0.15, -0.1) is 0 Å². The molecule has 0 N–H and O–H groups in total. The van der Waals surface area contributed by atoms with Gasteiger partial charge >= 0.3 is 237 Å². The number of ketones is 2. The number of aromatic nitrogens is 1. The molecule has 6 aromatic rings. The number of allylic oxidation sites excluding steroid dienone is 1. The van der Waals surface area contributed by atoms with Crippen LogP contribution in [0.25, 0.3) is 33.6 Å². The molecule has 0 saturated carbocycles. The Morgan fingerprint density at radius 1 is 0.725 bits per heavy atom. The molecule has 1 aliphatic carbocycles. The van der Waals surface area contributed by atoms with Crippen LogP contribution < -0.4 is 4.90 Å². The Morgan fingerprint density at radius 2 is 1.40 bits per heavy atom. The molecule has 2 aliphatic heterocycles. The first-order valence-electron chi connectivity index (χ1n) is 13.5. The molecule has 2 aromatic heterocycles. The molecule has 0 bridgehead atoms. The van der Waals surface area contributed by atoms with Gasteiger partial charge in [-0.1, -0.05) is 0 Å². The fourth-order valence-corrected chi connectivity index (χ4v) is 9.66. The molecule has 3 aliphatic rings. The minimum atomic E-state index is -0.239. The van der Waals surface area contributed by atoms with Crippen LogP contribution in [0.4, 0.5) is 15.9 Å². The number of hydrogen-bond donors (Lipinski definition) is 0. The normalized spacial score (nSPS) is 15.9. The van der Waals surface area contributed by atoms with Crippen LogP contribution in [-0.2, 0) is 5.41 Å². The zero-order valence-electron chi connectivity index (χ0n) is 21.9. The first-order valence-corrected chi connectivity index (χ1v) is 15.2. The third-order valence-electron chi connectivity index (χ3n) is 8.87. The van der Waals surface area contributed by atoms with E-state index in [1.807, 2.05) is 18.2 Å². The van der Waals surface area contributed by atoms with Crippen LogP contribution in [0.1, 0.15) is 50.1 Å². The quantitative estimate of drug-likeness (QED) is 0.113. The fourth-order valence-electron chi connectivity index (χ4n) is 6.97. The van der Waals surface area contributed by atoms with E-state index in [0.717, 1.165) is 10.1 Å². The Labute approximate surface area is 236 Å². The van der Waals surface area contributed by atoms with Gasteiger partial charge in [-0.05, 0) is 0 Å². The Hall–Kier alpha value is -4.44. The summed E-state index contributed by atoms with van der Waals surface area (Å²) in [6.07, 6.45) is 1.87. The summed E-state index contributed by atoms with van der Waals surface area (Å²) in [4.78, 5) is 28.9.